The number of nitrogens with two attached hydrogens (primary N) is 1. The molecule has 2 rings (SSSR count). The van der Waals surface area contributed by atoms with E-state index in [-0.39, 0.29) is 17.9 Å². The summed E-state index contributed by atoms with van der Waals surface area (Å²) in [7, 11) is 0. The number of rotatable bonds is 8. The second-order valence-corrected chi connectivity index (χ2v) is 9.56. The molecule has 1 heterocycles. The highest BCUT2D eigenvalue weighted by Gasteiger charge is 2.37. The smallest absolute Gasteiger partial charge is 0.305 e. The van der Waals surface area contributed by atoms with Gasteiger partial charge in [-0.05, 0) is 77.1 Å². The molecule has 6 N–H and O–H groups in total. The number of aliphatic carboxylic acids is 1. The zero-order valence-electron chi connectivity index (χ0n) is 16.9. The SMILES string of the molecule is C[C@H](NC(=O)c1cc(I)c(O)c(I)c1)C(=O)N1CCC[C@H]1C(=O)N[C@@H](CC(=O)O)C(N)=O. The van der Waals surface area contributed by atoms with Gasteiger partial charge in [0.05, 0.1) is 13.6 Å². The normalized spacial score (nSPS) is 17.3. The summed E-state index contributed by atoms with van der Waals surface area (Å²) in [5, 5.41) is 23.6. The molecule has 1 fully saturated rings. The molecule has 1 aliphatic rings. The monoisotopic (exact) mass is 672 g/mol. The number of benzene rings is 1. The van der Waals surface area contributed by atoms with Crippen molar-refractivity contribution in [3.63, 3.8) is 0 Å². The summed E-state index contributed by atoms with van der Waals surface area (Å²) in [5.74, 6) is -3.92. The Kier molecular flexibility index (Phi) is 9.06. The van der Waals surface area contributed by atoms with Gasteiger partial charge in [-0.3, -0.25) is 24.0 Å². The van der Waals surface area contributed by atoms with E-state index in [4.69, 9.17) is 10.8 Å². The van der Waals surface area contributed by atoms with Crippen LogP contribution in [0.2, 0.25) is 0 Å². The van der Waals surface area contributed by atoms with Crippen LogP contribution in [0.5, 0.6) is 5.75 Å². The number of carbonyl (C=O) groups is 5. The average molecular weight is 672 g/mol. The van der Waals surface area contributed by atoms with Crippen molar-refractivity contribution < 1.29 is 34.2 Å². The number of nitrogens with one attached hydrogen (secondary N) is 2. The van der Waals surface area contributed by atoms with Gasteiger partial charge < -0.3 is 31.5 Å². The second kappa shape index (κ2) is 11.1. The van der Waals surface area contributed by atoms with E-state index in [0.717, 1.165) is 0 Å². The van der Waals surface area contributed by atoms with Crippen molar-refractivity contribution in [2.24, 2.45) is 5.73 Å². The predicted molar refractivity (Wildman–Crippen MR) is 129 cm³/mol. The third-order valence-corrected chi connectivity index (χ3v) is 6.52. The summed E-state index contributed by atoms with van der Waals surface area (Å²) in [6.45, 7) is 1.76. The first-order valence-corrected chi connectivity index (χ1v) is 11.7. The molecule has 3 atom stereocenters. The fourth-order valence-corrected chi connectivity index (χ4v) is 5.02. The molecule has 0 aromatic heterocycles. The highest BCUT2D eigenvalue weighted by atomic mass is 127. The topological polar surface area (TPSA) is 179 Å². The number of amides is 4. The van der Waals surface area contributed by atoms with Gasteiger partial charge in [-0.25, -0.2) is 0 Å². The first-order valence-electron chi connectivity index (χ1n) is 9.53. The lowest BCUT2D eigenvalue weighted by atomic mass is 10.1. The molecule has 13 heteroatoms. The average Bonchev–Trinajstić information content (AvgIpc) is 3.19. The van der Waals surface area contributed by atoms with Crippen molar-refractivity contribution in [2.45, 2.75) is 44.3 Å². The van der Waals surface area contributed by atoms with Crippen LogP contribution >= 0.6 is 45.2 Å². The largest absolute Gasteiger partial charge is 0.506 e. The highest BCUT2D eigenvalue weighted by molar-refractivity contribution is 14.1. The Labute approximate surface area is 210 Å². The highest BCUT2D eigenvalue weighted by Crippen LogP contribution is 2.27. The van der Waals surface area contributed by atoms with E-state index in [1.54, 1.807) is 0 Å². The van der Waals surface area contributed by atoms with E-state index in [9.17, 15) is 29.1 Å². The van der Waals surface area contributed by atoms with Crippen molar-refractivity contribution in [2.75, 3.05) is 6.54 Å². The Hall–Kier alpha value is -2.17. The van der Waals surface area contributed by atoms with Gasteiger partial charge in [0, 0.05) is 12.1 Å². The van der Waals surface area contributed by atoms with Gasteiger partial charge in [0.15, 0.2) is 0 Å². The van der Waals surface area contributed by atoms with E-state index in [1.165, 1.54) is 24.0 Å². The molecule has 1 aromatic rings. The van der Waals surface area contributed by atoms with Gasteiger partial charge in [-0.15, -0.1) is 0 Å². The summed E-state index contributed by atoms with van der Waals surface area (Å²) >= 11 is 3.79. The number of nitrogens with zero attached hydrogens (tertiary/aromatic N) is 1. The van der Waals surface area contributed by atoms with Crippen LogP contribution in [0, 0.1) is 7.14 Å². The lowest BCUT2D eigenvalue weighted by molar-refractivity contribution is -0.142. The second-order valence-electron chi connectivity index (χ2n) is 7.23. The summed E-state index contributed by atoms with van der Waals surface area (Å²) in [5.41, 5.74) is 5.42. The van der Waals surface area contributed by atoms with Crippen LogP contribution in [0.1, 0.15) is 36.5 Å². The number of hydrogen-bond acceptors (Lipinski definition) is 6. The molecule has 174 valence electrons. The van der Waals surface area contributed by atoms with Crippen LogP contribution in [0.25, 0.3) is 0 Å². The standard InChI is InChI=1S/C19H22I2N4O7/c1-8(23-17(30)9-5-10(20)15(28)11(21)6-9)19(32)25-4-2-3-13(25)18(31)24-12(16(22)29)7-14(26)27/h5-6,8,12-13,28H,2-4,7H2,1H3,(H2,22,29)(H,23,30)(H,24,31)(H,26,27)/t8-,12-,13-/m0/s1. The molecule has 1 saturated heterocycles. The number of carboxylic acid groups (broad SMARTS) is 1. The van der Waals surface area contributed by atoms with E-state index in [2.05, 4.69) is 10.6 Å². The Bertz CT molecular complexity index is 933. The van der Waals surface area contributed by atoms with Crippen molar-refractivity contribution >= 4 is 74.8 Å². The Morgan fingerprint density at radius 2 is 1.78 bits per heavy atom. The maximum Gasteiger partial charge on any atom is 0.305 e. The molecule has 0 saturated carbocycles. The molecular weight excluding hydrogens is 650 g/mol. The van der Waals surface area contributed by atoms with Crippen LogP contribution in [0.4, 0.5) is 0 Å². The fourth-order valence-electron chi connectivity index (χ4n) is 3.26. The maximum absolute atomic E-state index is 12.9. The Balaban J connectivity index is 2.07. The molecule has 1 aliphatic heterocycles. The molecule has 0 bridgehead atoms. The van der Waals surface area contributed by atoms with E-state index in [1.807, 2.05) is 45.2 Å². The van der Waals surface area contributed by atoms with Crippen molar-refractivity contribution in [3.8, 4) is 5.75 Å². The number of hydrogen-bond donors (Lipinski definition) is 5. The number of phenolic OH excluding ortho intramolecular Hbond substituents is 1. The predicted octanol–water partition coefficient (Wildman–Crippen LogP) is 0.156. The molecule has 4 amide bonds. The number of carbonyl (C=O) groups excluding carboxylic acids is 4. The van der Waals surface area contributed by atoms with Gasteiger partial charge in [-0.1, -0.05) is 0 Å². The van der Waals surface area contributed by atoms with Crippen LogP contribution in [0.3, 0.4) is 0 Å². The lowest BCUT2D eigenvalue weighted by Gasteiger charge is -2.28. The first-order chi connectivity index (χ1) is 14.9. The molecule has 0 spiro atoms. The van der Waals surface area contributed by atoms with Gasteiger partial charge >= 0.3 is 5.97 Å². The van der Waals surface area contributed by atoms with Crippen molar-refractivity contribution in [1.82, 2.24) is 15.5 Å². The molecule has 0 unspecified atom stereocenters. The van der Waals surface area contributed by atoms with E-state index >= 15 is 0 Å². The number of halogens is 2. The summed E-state index contributed by atoms with van der Waals surface area (Å²) < 4.78 is 0.973. The molecule has 0 aliphatic carbocycles. The molecular formula is C19H22I2N4O7. The fraction of sp³-hybridized carbons (Fsp3) is 0.421. The van der Waals surface area contributed by atoms with Crippen molar-refractivity contribution in [1.29, 1.82) is 0 Å². The van der Waals surface area contributed by atoms with Gasteiger partial charge in [0.2, 0.25) is 17.7 Å². The Morgan fingerprint density at radius 1 is 1.19 bits per heavy atom. The van der Waals surface area contributed by atoms with Gasteiger partial charge in [-0.2, -0.15) is 0 Å². The zero-order valence-corrected chi connectivity index (χ0v) is 21.2. The summed E-state index contributed by atoms with van der Waals surface area (Å²) in [6, 6.07) is -0.278. The zero-order chi connectivity index (χ0) is 24.2. The van der Waals surface area contributed by atoms with Crippen LogP contribution in [-0.2, 0) is 19.2 Å². The number of primary amides is 1. The number of aromatic hydroxyl groups is 1. The van der Waals surface area contributed by atoms with Crippen LogP contribution < -0.4 is 16.4 Å². The molecule has 11 nitrogen and oxygen atoms in total. The minimum absolute atomic E-state index is 0.0648. The van der Waals surface area contributed by atoms with Crippen LogP contribution in [-0.4, -0.2) is 69.4 Å². The maximum atomic E-state index is 12.9. The van der Waals surface area contributed by atoms with Gasteiger partial charge in [0.1, 0.15) is 23.9 Å². The van der Waals surface area contributed by atoms with Gasteiger partial charge in [0.25, 0.3) is 5.91 Å². The quantitative estimate of drug-likeness (QED) is 0.244. The molecule has 1 aromatic carbocycles. The van der Waals surface area contributed by atoms with E-state index < -0.39 is 54.1 Å². The third-order valence-electron chi connectivity index (χ3n) is 4.87. The van der Waals surface area contributed by atoms with E-state index in [0.29, 0.717) is 20.0 Å². The summed E-state index contributed by atoms with van der Waals surface area (Å²) in [4.78, 5) is 61.7. The third kappa shape index (κ3) is 6.43. The lowest BCUT2D eigenvalue weighted by Crippen LogP contribution is -2.55. The van der Waals surface area contributed by atoms with Crippen molar-refractivity contribution in [3.05, 3.63) is 24.8 Å². The van der Waals surface area contributed by atoms with Crippen LogP contribution in [0.15, 0.2) is 12.1 Å². The molecule has 0 radical (unpaired) electrons. The summed E-state index contributed by atoms with van der Waals surface area (Å²) in [6.07, 6.45) is 0.183. The first kappa shape index (κ1) is 26.1. The minimum Gasteiger partial charge on any atom is -0.506 e. The minimum atomic E-state index is -1.39. The number of carboxylic acids is 1. The number of likely N-dealkylation sites (tertiary alicyclic amines) is 1. The number of phenols is 1. The molecule has 32 heavy (non-hydrogen) atoms. The Morgan fingerprint density at radius 3 is 2.31 bits per heavy atom.